The first-order chi connectivity index (χ1) is 17.9. The maximum atomic E-state index is 13.4. The average molecular weight is 514 g/mol. The molecule has 0 aromatic heterocycles. The first kappa shape index (κ1) is 26.3. The summed E-state index contributed by atoms with van der Waals surface area (Å²) >= 11 is 1.63. The third-order valence-electron chi connectivity index (χ3n) is 6.32. The zero-order valence-corrected chi connectivity index (χ0v) is 21.9. The van der Waals surface area contributed by atoms with Gasteiger partial charge in [0.25, 0.3) is 5.91 Å². The van der Waals surface area contributed by atoms with E-state index in [1.807, 2.05) is 86.0 Å². The highest BCUT2D eigenvalue weighted by molar-refractivity contribution is 7.98. The Morgan fingerprint density at radius 2 is 1.68 bits per heavy atom. The molecule has 0 radical (unpaired) electrons. The van der Waals surface area contributed by atoms with Gasteiger partial charge in [-0.3, -0.25) is 9.59 Å². The molecule has 0 heterocycles. The van der Waals surface area contributed by atoms with Gasteiger partial charge in [0.15, 0.2) is 0 Å². The predicted octanol–water partition coefficient (Wildman–Crippen LogP) is 6.72. The number of ether oxygens (including phenoxy) is 1. The molecule has 4 rings (SSSR count). The summed E-state index contributed by atoms with van der Waals surface area (Å²) in [7, 11) is 0. The van der Waals surface area contributed by atoms with Crippen molar-refractivity contribution in [2.24, 2.45) is 0 Å². The lowest BCUT2D eigenvalue weighted by Crippen LogP contribution is -2.37. The van der Waals surface area contributed by atoms with Crippen LogP contribution >= 0.6 is 11.8 Å². The molecule has 190 valence electrons. The molecule has 0 bridgehead atoms. The number of hydrogen-bond donors (Lipinski definition) is 2. The van der Waals surface area contributed by atoms with Crippen molar-refractivity contribution in [3.63, 3.8) is 0 Å². The van der Waals surface area contributed by atoms with E-state index in [1.165, 1.54) is 0 Å². The highest BCUT2D eigenvalue weighted by Crippen LogP contribution is 2.29. The normalized spacial score (nSPS) is 11.7. The fraction of sp³-hybridized carbons (Fsp3) is 0.226. The zero-order valence-electron chi connectivity index (χ0n) is 21.1. The molecule has 2 N–H and O–H groups in total. The maximum absolute atomic E-state index is 13.4. The molecule has 1 amide bonds. The van der Waals surface area contributed by atoms with Crippen molar-refractivity contribution >= 4 is 34.4 Å². The molecule has 6 heteroatoms. The van der Waals surface area contributed by atoms with Gasteiger partial charge in [-0.25, -0.2) is 0 Å². The number of aryl methyl sites for hydroxylation is 1. The fourth-order valence-electron chi connectivity index (χ4n) is 4.36. The number of nitrogens with one attached hydrogen (secondary N) is 1. The second-order valence-corrected chi connectivity index (χ2v) is 10.0. The number of benzene rings is 4. The lowest BCUT2D eigenvalue weighted by molar-refractivity contribution is -0.137. The van der Waals surface area contributed by atoms with Gasteiger partial charge in [0.2, 0.25) is 0 Å². The van der Waals surface area contributed by atoms with Crippen LogP contribution < -0.4 is 10.1 Å². The number of carboxylic acids is 1. The van der Waals surface area contributed by atoms with E-state index in [1.54, 1.807) is 11.8 Å². The summed E-state index contributed by atoms with van der Waals surface area (Å²) in [4.78, 5) is 24.7. The van der Waals surface area contributed by atoms with Crippen LogP contribution in [0.25, 0.3) is 21.9 Å². The highest BCUT2D eigenvalue weighted by atomic mass is 32.2. The molecule has 1 atom stereocenters. The summed E-state index contributed by atoms with van der Waals surface area (Å²) in [6.45, 7) is 2.37. The van der Waals surface area contributed by atoms with Crippen LogP contribution in [0.1, 0.15) is 34.3 Å². The SMILES string of the molecule is CSCCC(CC(=O)O)NC(=O)c1ccc(COc2ccc3ccccc3c2)cc1-c1ccccc1C. The fourth-order valence-corrected chi connectivity index (χ4v) is 4.88. The van der Waals surface area contributed by atoms with E-state index in [2.05, 4.69) is 17.4 Å². The van der Waals surface area contributed by atoms with Crippen LogP contribution in [0.4, 0.5) is 0 Å². The number of thioether (sulfide) groups is 1. The molecular formula is C31H31NO4S. The van der Waals surface area contributed by atoms with E-state index in [0.29, 0.717) is 18.6 Å². The van der Waals surface area contributed by atoms with Gasteiger partial charge >= 0.3 is 5.97 Å². The van der Waals surface area contributed by atoms with Crippen molar-refractivity contribution in [2.45, 2.75) is 32.4 Å². The van der Waals surface area contributed by atoms with Crippen LogP contribution in [0.2, 0.25) is 0 Å². The average Bonchev–Trinajstić information content (AvgIpc) is 2.90. The first-order valence-corrected chi connectivity index (χ1v) is 13.7. The molecular weight excluding hydrogens is 482 g/mol. The first-order valence-electron chi connectivity index (χ1n) is 12.3. The standard InChI is InChI=1S/C31H31NO4S/c1-21-7-3-6-10-27(21)29-17-22(20-36-26-13-12-23-8-4-5-9-24(23)18-26)11-14-28(29)31(35)32-25(15-16-37-2)19-30(33)34/h3-14,17-18,25H,15-16,19-20H2,1-2H3,(H,32,35)(H,33,34). The van der Waals surface area contributed by atoms with Gasteiger partial charge in [-0.05, 0) is 82.6 Å². The molecule has 0 aliphatic rings. The zero-order chi connectivity index (χ0) is 26.2. The van der Waals surface area contributed by atoms with E-state index in [4.69, 9.17) is 4.74 Å². The van der Waals surface area contributed by atoms with Gasteiger partial charge in [-0.15, -0.1) is 0 Å². The predicted molar refractivity (Wildman–Crippen MR) is 151 cm³/mol. The Morgan fingerprint density at radius 3 is 2.43 bits per heavy atom. The molecule has 0 aliphatic carbocycles. The minimum absolute atomic E-state index is 0.107. The van der Waals surface area contributed by atoms with Gasteiger partial charge in [-0.1, -0.05) is 60.7 Å². The molecule has 5 nitrogen and oxygen atoms in total. The molecule has 1 unspecified atom stereocenters. The van der Waals surface area contributed by atoms with Gasteiger partial charge < -0.3 is 15.2 Å². The van der Waals surface area contributed by atoms with Gasteiger partial charge in [0.05, 0.1) is 6.42 Å². The molecule has 0 fully saturated rings. The topological polar surface area (TPSA) is 75.6 Å². The van der Waals surface area contributed by atoms with Crippen molar-refractivity contribution in [1.82, 2.24) is 5.32 Å². The lowest BCUT2D eigenvalue weighted by Gasteiger charge is -2.19. The van der Waals surface area contributed by atoms with Crippen LogP contribution in [-0.4, -0.2) is 35.0 Å². The monoisotopic (exact) mass is 513 g/mol. The summed E-state index contributed by atoms with van der Waals surface area (Å²) < 4.78 is 6.11. The quantitative estimate of drug-likeness (QED) is 0.233. The van der Waals surface area contributed by atoms with Crippen molar-refractivity contribution in [3.8, 4) is 16.9 Å². The Morgan fingerprint density at radius 1 is 0.919 bits per heavy atom. The van der Waals surface area contributed by atoms with E-state index >= 15 is 0 Å². The largest absolute Gasteiger partial charge is 0.489 e. The van der Waals surface area contributed by atoms with Crippen molar-refractivity contribution in [2.75, 3.05) is 12.0 Å². The molecule has 4 aromatic carbocycles. The van der Waals surface area contributed by atoms with Gasteiger partial charge in [0.1, 0.15) is 12.4 Å². The second kappa shape index (κ2) is 12.5. The van der Waals surface area contributed by atoms with Gasteiger partial charge in [0, 0.05) is 11.6 Å². The molecule has 0 spiro atoms. The third kappa shape index (κ3) is 6.92. The minimum atomic E-state index is -0.924. The summed E-state index contributed by atoms with van der Waals surface area (Å²) in [6, 6.07) is 27.4. The molecule has 37 heavy (non-hydrogen) atoms. The summed E-state index contributed by atoms with van der Waals surface area (Å²) in [6.07, 6.45) is 2.45. The highest BCUT2D eigenvalue weighted by Gasteiger charge is 2.20. The summed E-state index contributed by atoms with van der Waals surface area (Å²) in [5.74, 6) is 0.357. The van der Waals surface area contributed by atoms with Crippen LogP contribution in [-0.2, 0) is 11.4 Å². The Bertz CT molecular complexity index is 1400. The van der Waals surface area contributed by atoms with Crippen LogP contribution in [0.15, 0.2) is 84.9 Å². The van der Waals surface area contributed by atoms with E-state index in [0.717, 1.165) is 44.5 Å². The Kier molecular flexibility index (Phi) is 8.86. The van der Waals surface area contributed by atoms with E-state index in [9.17, 15) is 14.7 Å². The number of carbonyl (C=O) groups excluding carboxylic acids is 1. The smallest absolute Gasteiger partial charge is 0.305 e. The lowest BCUT2D eigenvalue weighted by atomic mass is 9.93. The van der Waals surface area contributed by atoms with Gasteiger partial charge in [-0.2, -0.15) is 11.8 Å². The molecule has 0 saturated carbocycles. The number of aliphatic carboxylic acids is 1. The number of fused-ring (bicyclic) bond motifs is 1. The van der Waals surface area contributed by atoms with Crippen LogP contribution in [0, 0.1) is 6.92 Å². The number of rotatable bonds is 11. The van der Waals surface area contributed by atoms with Crippen molar-refractivity contribution in [1.29, 1.82) is 0 Å². The molecule has 0 saturated heterocycles. The number of amides is 1. The summed E-state index contributed by atoms with van der Waals surface area (Å²) in [5.41, 5.74) is 4.26. The van der Waals surface area contributed by atoms with E-state index in [-0.39, 0.29) is 12.3 Å². The Hall–Kier alpha value is -3.77. The van der Waals surface area contributed by atoms with Crippen molar-refractivity contribution in [3.05, 3.63) is 102 Å². The maximum Gasteiger partial charge on any atom is 0.305 e. The number of carbonyl (C=O) groups is 2. The van der Waals surface area contributed by atoms with Crippen LogP contribution in [0.5, 0.6) is 5.75 Å². The van der Waals surface area contributed by atoms with Crippen molar-refractivity contribution < 1.29 is 19.4 Å². The van der Waals surface area contributed by atoms with E-state index < -0.39 is 12.0 Å². The minimum Gasteiger partial charge on any atom is -0.489 e. The molecule has 4 aromatic rings. The Balaban J connectivity index is 1.60. The third-order valence-corrected chi connectivity index (χ3v) is 6.96. The van der Waals surface area contributed by atoms with Crippen LogP contribution in [0.3, 0.4) is 0 Å². The number of hydrogen-bond acceptors (Lipinski definition) is 4. The second-order valence-electron chi connectivity index (χ2n) is 9.04. The number of carboxylic acid groups (broad SMARTS) is 1. The summed E-state index contributed by atoms with van der Waals surface area (Å²) in [5, 5.41) is 14.5. The molecule has 0 aliphatic heterocycles. The Labute approximate surface area is 221 Å².